The molecule has 0 saturated carbocycles. The minimum atomic E-state index is -1.81. The average Bonchev–Trinajstić information content (AvgIpc) is 2.57. The Morgan fingerprint density at radius 3 is 1.79 bits per heavy atom. The van der Waals surface area contributed by atoms with E-state index in [4.69, 9.17) is 9.47 Å². The number of H-pyrrole nitrogens is 2. The maximum absolute atomic E-state index is 11.9. The number of hydrogen-bond donors (Lipinski definition) is 3. The van der Waals surface area contributed by atoms with Crippen molar-refractivity contribution in [2.45, 2.75) is 51.0 Å². The summed E-state index contributed by atoms with van der Waals surface area (Å²) in [5.41, 5.74) is -4.86. The third-order valence-corrected chi connectivity index (χ3v) is 3.69. The van der Waals surface area contributed by atoms with Crippen molar-refractivity contribution in [3.63, 3.8) is 0 Å². The number of nitrogens with zero attached hydrogens (tertiary/aromatic N) is 1. The molecule has 1 aromatic rings. The Bertz CT molecular complexity index is 846. The number of rotatable bonds is 10. The lowest BCUT2D eigenvalue weighted by Crippen LogP contribution is -2.50. The lowest BCUT2D eigenvalue weighted by atomic mass is 9.90. The molecule has 11 heteroatoms. The van der Waals surface area contributed by atoms with Gasteiger partial charge in [-0.3, -0.25) is 9.97 Å². The molecule has 0 spiro atoms. The fourth-order valence-electron chi connectivity index (χ4n) is 2.75. The summed E-state index contributed by atoms with van der Waals surface area (Å²) >= 11 is 0. The molecule has 0 aromatic carbocycles. The van der Waals surface area contributed by atoms with Crippen LogP contribution in [0.4, 0.5) is 0 Å². The van der Waals surface area contributed by atoms with Gasteiger partial charge < -0.3 is 14.6 Å². The Labute approximate surface area is 159 Å². The largest absolute Gasteiger partial charge is 0.459 e. The molecule has 3 N–H and O–H groups in total. The van der Waals surface area contributed by atoms with Gasteiger partial charge in [-0.25, -0.2) is 28.5 Å². The predicted molar refractivity (Wildman–Crippen MR) is 97.6 cm³/mol. The van der Waals surface area contributed by atoms with Crippen LogP contribution >= 0.6 is 0 Å². The number of aliphatic hydroxyl groups is 1. The fourth-order valence-corrected chi connectivity index (χ4v) is 2.75. The van der Waals surface area contributed by atoms with Crippen LogP contribution in [-0.2, 0) is 25.6 Å². The third-order valence-electron chi connectivity index (χ3n) is 3.69. The molecule has 0 amide bonds. The Morgan fingerprint density at radius 2 is 1.43 bits per heavy atom. The molecule has 0 aliphatic heterocycles. The summed E-state index contributed by atoms with van der Waals surface area (Å²) in [6.45, 7) is 8.98. The zero-order valence-electron chi connectivity index (χ0n) is 15.6. The molecule has 1 rings (SSSR count). The van der Waals surface area contributed by atoms with Crippen LogP contribution in [0, 0.1) is 0 Å². The summed E-state index contributed by atoms with van der Waals surface area (Å²) in [6.07, 6.45) is -0.158. The maximum Gasteiger partial charge on any atom is 0.333 e. The molecule has 2 unspecified atom stereocenters. The first-order valence-electron chi connectivity index (χ1n) is 8.31. The van der Waals surface area contributed by atoms with Crippen molar-refractivity contribution >= 4 is 11.9 Å². The zero-order chi connectivity index (χ0) is 21.5. The minimum absolute atomic E-state index is 0.201. The molecular weight excluding hydrogens is 374 g/mol. The normalized spacial score (nSPS) is 15.0. The standard InChI is InChI=1S/C17H23N3O8/c1-5-12(21)27-10(3)7-17(26,8-11(4)28-13(22)6-2)9-20-15(24)18-14(23)19-16(20)25/h5-6,10-11,26H,1-2,7-9H2,3-4H3,(H2,18,19,23,24,25). The van der Waals surface area contributed by atoms with Gasteiger partial charge in [-0.05, 0) is 13.8 Å². The summed E-state index contributed by atoms with van der Waals surface area (Å²) in [6, 6.07) is 0. The van der Waals surface area contributed by atoms with Crippen LogP contribution < -0.4 is 17.1 Å². The van der Waals surface area contributed by atoms with Gasteiger partial charge in [0.25, 0.3) is 0 Å². The second-order valence-electron chi connectivity index (χ2n) is 6.31. The number of carbonyl (C=O) groups is 2. The molecule has 1 aromatic heterocycles. The van der Waals surface area contributed by atoms with Crippen molar-refractivity contribution < 1.29 is 24.2 Å². The quantitative estimate of drug-likeness (QED) is 0.334. The molecule has 0 bridgehead atoms. The Hall–Kier alpha value is -3.21. The van der Waals surface area contributed by atoms with Crippen LogP contribution in [0.2, 0.25) is 0 Å². The summed E-state index contributed by atoms with van der Waals surface area (Å²) < 4.78 is 10.6. The molecule has 0 aliphatic carbocycles. The fraction of sp³-hybridized carbons (Fsp3) is 0.471. The monoisotopic (exact) mass is 397 g/mol. The lowest BCUT2D eigenvalue weighted by molar-refractivity contribution is -0.149. The van der Waals surface area contributed by atoms with E-state index in [9.17, 15) is 29.1 Å². The Morgan fingerprint density at radius 1 is 1.04 bits per heavy atom. The smallest absolute Gasteiger partial charge is 0.333 e. The van der Waals surface area contributed by atoms with E-state index in [1.807, 2.05) is 9.97 Å². The number of aromatic amines is 2. The van der Waals surface area contributed by atoms with Crippen LogP contribution in [0.3, 0.4) is 0 Å². The second kappa shape index (κ2) is 9.65. The van der Waals surface area contributed by atoms with Crippen LogP contribution in [0.25, 0.3) is 0 Å². The van der Waals surface area contributed by atoms with E-state index in [2.05, 4.69) is 13.2 Å². The average molecular weight is 397 g/mol. The minimum Gasteiger partial charge on any atom is -0.459 e. The van der Waals surface area contributed by atoms with E-state index in [1.165, 1.54) is 13.8 Å². The number of hydrogen-bond acceptors (Lipinski definition) is 8. The first-order valence-corrected chi connectivity index (χ1v) is 8.31. The molecule has 1 heterocycles. The molecule has 0 radical (unpaired) electrons. The molecule has 0 fully saturated rings. The third kappa shape index (κ3) is 6.83. The Balaban J connectivity index is 3.17. The molecular formula is C17H23N3O8. The molecule has 0 saturated heterocycles. The van der Waals surface area contributed by atoms with Crippen molar-refractivity contribution in [2.24, 2.45) is 0 Å². The highest BCUT2D eigenvalue weighted by molar-refractivity contribution is 5.81. The molecule has 154 valence electrons. The molecule has 2 atom stereocenters. The van der Waals surface area contributed by atoms with E-state index in [0.717, 1.165) is 12.2 Å². The summed E-state index contributed by atoms with van der Waals surface area (Å²) in [7, 11) is 0. The second-order valence-corrected chi connectivity index (χ2v) is 6.31. The van der Waals surface area contributed by atoms with Gasteiger partial charge in [-0.15, -0.1) is 0 Å². The number of ether oxygens (including phenoxy) is 2. The number of aromatic nitrogens is 3. The van der Waals surface area contributed by atoms with E-state index >= 15 is 0 Å². The van der Waals surface area contributed by atoms with Crippen LogP contribution in [0.5, 0.6) is 0 Å². The van der Waals surface area contributed by atoms with Gasteiger partial charge in [0.1, 0.15) is 12.2 Å². The number of carbonyl (C=O) groups excluding carboxylic acids is 2. The van der Waals surface area contributed by atoms with Crippen molar-refractivity contribution in [2.75, 3.05) is 0 Å². The Kier molecular flexibility index (Phi) is 7.87. The highest BCUT2D eigenvalue weighted by Gasteiger charge is 2.35. The summed E-state index contributed by atoms with van der Waals surface area (Å²) in [4.78, 5) is 61.5. The van der Waals surface area contributed by atoms with Crippen LogP contribution in [-0.4, -0.2) is 49.4 Å². The van der Waals surface area contributed by atoms with E-state index in [-0.39, 0.29) is 12.8 Å². The first kappa shape index (κ1) is 22.8. The van der Waals surface area contributed by atoms with Gasteiger partial charge in [0.2, 0.25) is 0 Å². The van der Waals surface area contributed by atoms with Gasteiger partial charge in [0.15, 0.2) is 0 Å². The van der Waals surface area contributed by atoms with Crippen molar-refractivity contribution in [3.8, 4) is 0 Å². The predicted octanol–water partition coefficient (Wildman–Crippen LogP) is -1.03. The lowest BCUT2D eigenvalue weighted by Gasteiger charge is -2.32. The van der Waals surface area contributed by atoms with Gasteiger partial charge >= 0.3 is 29.0 Å². The van der Waals surface area contributed by atoms with Gasteiger partial charge in [-0.1, -0.05) is 13.2 Å². The molecule has 28 heavy (non-hydrogen) atoms. The SMILES string of the molecule is C=CC(=O)OC(C)CC(O)(CC(C)OC(=O)C=C)Cn1c(=O)[nH]c(=O)[nH]c1=O. The summed E-state index contributed by atoms with van der Waals surface area (Å²) in [5, 5.41) is 11.1. The summed E-state index contributed by atoms with van der Waals surface area (Å²) in [5.74, 6) is -1.44. The maximum atomic E-state index is 11.9. The van der Waals surface area contributed by atoms with Crippen molar-refractivity contribution in [3.05, 3.63) is 56.8 Å². The molecule has 11 nitrogen and oxygen atoms in total. The van der Waals surface area contributed by atoms with Crippen molar-refractivity contribution in [1.82, 2.24) is 14.5 Å². The number of esters is 2. The van der Waals surface area contributed by atoms with Gasteiger partial charge in [0, 0.05) is 25.0 Å². The zero-order valence-corrected chi connectivity index (χ0v) is 15.6. The number of nitrogens with one attached hydrogen (secondary N) is 2. The van der Waals surface area contributed by atoms with E-state index < -0.39 is 53.4 Å². The van der Waals surface area contributed by atoms with Gasteiger partial charge in [0.05, 0.1) is 12.1 Å². The molecule has 0 aliphatic rings. The highest BCUT2D eigenvalue weighted by Crippen LogP contribution is 2.24. The topological polar surface area (TPSA) is 161 Å². The van der Waals surface area contributed by atoms with Crippen LogP contribution in [0.1, 0.15) is 26.7 Å². The van der Waals surface area contributed by atoms with Crippen LogP contribution in [0.15, 0.2) is 39.7 Å². The van der Waals surface area contributed by atoms with Crippen molar-refractivity contribution in [1.29, 1.82) is 0 Å². The van der Waals surface area contributed by atoms with Gasteiger partial charge in [-0.2, -0.15) is 0 Å². The van der Waals surface area contributed by atoms with E-state index in [1.54, 1.807) is 0 Å². The highest BCUT2D eigenvalue weighted by atomic mass is 16.5. The first-order chi connectivity index (χ1) is 13.0. The van der Waals surface area contributed by atoms with E-state index in [0.29, 0.717) is 4.57 Å².